The Morgan fingerprint density at radius 2 is 1.85 bits per heavy atom. The second-order valence-corrected chi connectivity index (χ2v) is 8.99. The molecule has 7 heteroatoms. The van der Waals surface area contributed by atoms with Crippen LogP contribution in [0.3, 0.4) is 0 Å². The minimum Gasteiger partial charge on any atom is -0.497 e. The number of benzene rings is 2. The third-order valence-corrected chi connectivity index (χ3v) is 6.21. The van der Waals surface area contributed by atoms with Crippen LogP contribution in [0.4, 0.5) is 0 Å². The number of ether oxygens (including phenoxy) is 1. The fourth-order valence-corrected chi connectivity index (χ4v) is 4.41. The summed E-state index contributed by atoms with van der Waals surface area (Å²) in [5.74, 6) is 0.579. The van der Waals surface area contributed by atoms with Crippen LogP contribution in [-0.4, -0.2) is 29.8 Å². The number of pyridine rings is 1. The smallest absolute Gasteiger partial charge is 0.251 e. The SMILES string of the molecule is CCNC(=O)CC1N=C(c2ccc(Cl)cc2)c2cc(OC)ccc2-c2cn(C(C)C)c(=O)cc21. The average Bonchev–Trinajstić information content (AvgIpc) is 2.93. The van der Waals surface area contributed by atoms with Gasteiger partial charge in [-0.3, -0.25) is 14.6 Å². The molecule has 1 aliphatic rings. The average molecular weight is 478 g/mol. The highest BCUT2D eigenvalue weighted by Gasteiger charge is 2.28. The van der Waals surface area contributed by atoms with Crippen molar-refractivity contribution in [2.75, 3.05) is 13.7 Å². The molecule has 0 radical (unpaired) electrons. The fourth-order valence-electron chi connectivity index (χ4n) is 4.28. The van der Waals surface area contributed by atoms with Crippen LogP contribution < -0.4 is 15.6 Å². The first-order valence-electron chi connectivity index (χ1n) is 11.4. The predicted octanol–water partition coefficient (Wildman–Crippen LogP) is 5.18. The number of aromatic nitrogens is 1. The normalized spacial score (nSPS) is 14.6. The highest BCUT2D eigenvalue weighted by atomic mass is 35.5. The molecule has 176 valence electrons. The Morgan fingerprint density at radius 1 is 1.12 bits per heavy atom. The van der Waals surface area contributed by atoms with E-state index in [9.17, 15) is 9.59 Å². The van der Waals surface area contributed by atoms with E-state index in [0.717, 1.165) is 33.5 Å². The molecule has 2 heterocycles. The number of carbonyl (C=O) groups is 1. The van der Waals surface area contributed by atoms with Crippen molar-refractivity contribution in [3.05, 3.63) is 86.8 Å². The molecule has 0 aliphatic carbocycles. The summed E-state index contributed by atoms with van der Waals surface area (Å²) in [5, 5.41) is 3.49. The molecular weight excluding hydrogens is 450 g/mol. The number of halogens is 1. The van der Waals surface area contributed by atoms with Gasteiger partial charge in [-0.2, -0.15) is 0 Å². The van der Waals surface area contributed by atoms with E-state index in [-0.39, 0.29) is 23.9 Å². The van der Waals surface area contributed by atoms with Crippen molar-refractivity contribution in [3.63, 3.8) is 0 Å². The Labute approximate surface area is 204 Å². The Morgan fingerprint density at radius 3 is 2.50 bits per heavy atom. The molecule has 1 unspecified atom stereocenters. The third-order valence-electron chi connectivity index (χ3n) is 5.96. The summed E-state index contributed by atoms with van der Waals surface area (Å²) < 4.78 is 7.23. The summed E-state index contributed by atoms with van der Waals surface area (Å²) >= 11 is 6.15. The lowest BCUT2D eigenvalue weighted by Crippen LogP contribution is -2.26. The van der Waals surface area contributed by atoms with Gasteiger partial charge in [0.2, 0.25) is 5.91 Å². The van der Waals surface area contributed by atoms with E-state index in [4.69, 9.17) is 21.3 Å². The van der Waals surface area contributed by atoms with Gasteiger partial charge in [0.15, 0.2) is 0 Å². The van der Waals surface area contributed by atoms with Crippen molar-refractivity contribution in [1.82, 2.24) is 9.88 Å². The first kappa shape index (κ1) is 23.8. The highest BCUT2D eigenvalue weighted by Crippen LogP contribution is 2.40. The number of carbonyl (C=O) groups excluding carboxylic acids is 1. The topological polar surface area (TPSA) is 72.7 Å². The quantitative estimate of drug-likeness (QED) is 0.532. The molecule has 1 N–H and O–H groups in total. The predicted molar refractivity (Wildman–Crippen MR) is 136 cm³/mol. The van der Waals surface area contributed by atoms with Crippen LogP contribution in [0.2, 0.25) is 5.02 Å². The van der Waals surface area contributed by atoms with Gasteiger partial charge in [-0.15, -0.1) is 0 Å². The van der Waals surface area contributed by atoms with Gasteiger partial charge in [-0.1, -0.05) is 23.7 Å². The van der Waals surface area contributed by atoms with E-state index in [2.05, 4.69) is 5.32 Å². The van der Waals surface area contributed by atoms with E-state index >= 15 is 0 Å². The van der Waals surface area contributed by atoms with Crippen molar-refractivity contribution < 1.29 is 9.53 Å². The molecule has 1 atom stereocenters. The first-order valence-corrected chi connectivity index (χ1v) is 11.8. The van der Waals surface area contributed by atoms with Gasteiger partial charge in [0.05, 0.1) is 25.3 Å². The van der Waals surface area contributed by atoms with Crippen LogP contribution >= 0.6 is 11.6 Å². The number of aliphatic imine (C=N–C) groups is 1. The van der Waals surface area contributed by atoms with Gasteiger partial charge >= 0.3 is 0 Å². The van der Waals surface area contributed by atoms with Crippen molar-refractivity contribution in [3.8, 4) is 16.9 Å². The number of nitrogens with zero attached hydrogens (tertiary/aromatic N) is 2. The van der Waals surface area contributed by atoms with E-state index < -0.39 is 6.04 Å². The van der Waals surface area contributed by atoms with Crippen LogP contribution in [0.5, 0.6) is 5.75 Å². The lowest BCUT2D eigenvalue weighted by Gasteiger charge is -2.19. The maximum Gasteiger partial charge on any atom is 0.251 e. The van der Waals surface area contributed by atoms with E-state index in [1.807, 2.05) is 69.4 Å². The molecule has 0 spiro atoms. The summed E-state index contributed by atoms with van der Waals surface area (Å²) in [6.45, 7) is 6.35. The minimum absolute atomic E-state index is 0.0127. The standard InChI is InChI=1S/C27H28ClN3O3/c1-5-29-25(32)14-24-21-13-26(33)31(16(2)3)15-23(21)20-11-10-19(34-4)12-22(20)27(30-24)17-6-8-18(28)9-7-17/h6-13,15-16,24H,5,14H2,1-4H3,(H,29,32). The molecule has 1 aromatic heterocycles. The number of hydrogen-bond donors (Lipinski definition) is 1. The van der Waals surface area contributed by atoms with E-state index in [1.54, 1.807) is 17.7 Å². The molecule has 1 aliphatic heterocycles. The molecule has 2 aromatic carbocycles. The van der Waals surface area contributed by atoms with Crippen LogP contribution in [0.25, 0.3) is 11.1 Å². The molecule has 0 bridgehead atoms. The number of amides is 1. The molecule has 0 saturated heterocycles. The molecule has 6 nitrogen and oxygen atoms in total. The van der Waals surface area contributed by atoms with Crippen LogP contribution in [0, 0.1) is 0 Å². The Hall–Kier alpha value is -3.38. The second kappa shape index (κ2) is 9.85. The summed E-state index contributed by atoms with van der Waals surface area (Å²) in [6, 6.07) is 14.4. The summed E-state index contributed by atoms with van der Waals surface area (Å²) in [4.78, 5) is 30.7. The third kappa shape index (κ3) is 4.64. The zero-order chi connectivity index (χ0) is 24.4. The number of methoxy groups -OCH3 is 1. The summed E-state index contributed by atoms with van der Waals surface area (Å²) in [7, 11) is 1.62. The zero-order valence-electron chi connectivity index (χ0n) is 19.8. The van der Waals surface area contributed by atoms with Gasteiger partial charge in [-0.05, 0) is 62.2 Å². The summed E-state index contributed by atoms with van der Waals surface area (Å²) in [5.41, 5.74) is 4.89. The Kier molecular flexibility index (Phi) is 6.89. The van der Waals surface area contributed by atoms with Crippen molar-refractivity contribution in [2.45, 2.75) is 39.3 Å². The van der Waals surface area contributed by atoms with E-state index in [0.29, 0.717) is 17.3 Å². The molecular formula is C27H28ClN3O3. The molecule has 0 fully saturated rings. The molecule has 3 aromatic rings. The van der Waals surface area contributed by atoms with Gasteiger partial charge in [0.25, 0.3) is 5.56 Å². The Bertz CT molecular complexity index is 1310. The lowest BCUT2D eigenvalue weighted by molar-refractivity contribution is -0.121. The molecule has 0 saturated carbocycles. The zero-order valence-corrected chi connectivity index (χ0v) is 20.5. The number of hydrogen-bond acceptors (Lipinski definition) is 4. The largest absolute Gasteiger partial charge is 0.497 e. The molecule has 4 rings (SSSR count). The fraction of sp³-hybridized carbons (Fsp3) is 0.296. The summed E-state index contributed by atoms with van der Waals surface area (Å²) in [6.07, 6.45) is 2.02. The van der Waals surface area contributed by atoms with Crippen molar-refractivity contribution >= 4 is 23.2 Å². The number of rotatable bonds is 6. The monoisotopic (exact) mass is 477 g/mol. The Balaban J connectivity index is 2.03. The van der Waals surface area contributed by atoms with Crippen LogP contribution in [0.15, 0.2) is 64.5 Å². The van der Waals surface area contributed by atoms with E-state index in [1.165, 1.54) is 0 Å². The van der Waals surface area contributed by atoms with Crippen molar-refractivity contribution in [2.24, 2.45) is 4.99 Å². The molecule has 1 amide bonds. The van der Waals surface area contributed by atoms with Crippen LogP contribution in [-0.2, 0) is 4.79 Å². The van der Waals surface area contributed by atoms with Crippen molar-refractivity contribution in [1.29, 1.82) is 0 Å². The first-order chi connectivity index (χ1) is 16.3. The van der Waals surface area contributed by atoms with Gasteiger partial charge < -0.3 is 14.6 Å². The second-order valence-electron chi connectivity index (χ2n) is 8.55. The van der Waals surface area contributed by atoms with Gasteiger partial charge in [0, 0.05) is 46.6 Å². The number of fused-ring (bicyclic) bond motifs is 3. The highest BCUT2D eigenvalue weighted by molar-refractivity contribution is 6.30. The maximum atomic E-state index is 13.0. The lowest BCUT2D eigenvalue weighted by atomic mass is 9.91. The van der Waals surface area contributed by atoms with Gasteiger partial charge in [0.1, 0.15) is 5.75 Å². The van der Waals surface area contributed by atoms with Gasteiger partial charge in [-0.25, -0.2) is 0 Å². The number of nitrogens with one attached hydrogen (secondary N) is 1. The molecule has 34 heavy (non-hydrogen) atoms. The maximum absolute atomic E-state index is 13.0. The minimum atomic E-state index is -0.528. The van der Waals surface area contributed by atoms with Crippen LogP contribution in [0.1, 0.15) is 56.0 Å².